The fraction of sp³-hybridized carbons (Fsp3) is 0.182. The molecule has 0 saturated carbocycles. The topological polar surface area (TPSA) is 63.7 Å². The molecule has 0 spiro atoms. The number of hydrogen-bond acceptors (Lipinski definition) is 5. The number of rotatable bonds is 7. The summed E-state index contributed by atoms with van der Waals surface area (Å²) < 4.78 is 10.6. The predicted molar refractivity (Wildman–Crippen MR) is 110 cm³/mol. The standard InChI is InChI=1S/C22H23N3O3/c1-25(18-7-5-4-6-8-18)22(26)17-11-12-23-21(14-17)24-15-16-9-10-19(27-2)20(13-16)28-3/h4-14H,15H2,1-3H3,(H,23,24). The lowest BCUT2D eigenvalue weighted by molar-refractivity contribution is 0.0993. The van der Waals surface area contributed by atoms with Crippen LogP contribution in [-0.2, 0) is 6.54 Å². The maximum absolute atomic E-state index is 12.8. The number of nitrogens with one attached hydrogen (secondary N) is 1. The number of amides is 1. The first-order chi connectivity index (χ1) is 13.6. The first-order valence-corrected chi connectivity index (χ1v) is 8.86. The smallest absolute Gasteiger partial charge is 0.258 e. The molecule has 1 amide bonds. The molecular formula is C22H23N3O3. The van der Waals surface area contributed by atoms with E-state index in [0.717, 1.165) is 11.3 Å². The molecule has 6 nitrogen and oxygen atoms in total. The molecular weight excluding hydrogens is 354 g/mol. The average molecular weight is 377 g/mol. The van der Waals surface area contributed by atoms with Crippen LogP contribution in [0.15, 0.2) is 66.9 Å². The Kier molecular flexibility index (Phi) is 6.11. The van der Waals surface area contributed by atoms with Crippen molar-refractivity contribution in [2.75, 3.05) is 31.5 Å². The summed E-state index contributed by atoms with van der Waals surface area (Å²) in [5, 5.41) is 3.25. The summed E-state index contributed by atoms with van der Waals surface area (Å²) in [4.78, 5) is 18.7. The summed E-state index contributed by atoms with van der Waals surface area (Å²) in [5.41, 5.74) is 2.41. The number of methoxy groups -OCH3 is 2. The van der Waals surface area contributed by atoms with Crippen molar-refractivity contribution >= 4 is 17.4 Å². The van der Waals surface area contributed by atoms with E-state index in [4.69, 9.17) is 9.47 Å². The van der Waals surface area contributed by atoms with Gasteiger partial charge in [0.25, 0.3) is 5.91 Å². The van der Waals surface area contributed by atoms with Crippen LogP contribution in [-0.4, -0.2) is 32.2 Å². The van der Waals surface area contributed by atoms with Crippen molar-refractivity contribution in [2.24, 2.45) is 0 Å². The Bertz CT molecular complexity index is 945. The number of para-hydroxylation sites is 1. The molecule has 2 aromatic carbocycles. The third kappa shape index (κ3) is 4.40. The van der Waals surface area contributed by atoms with Gasteiger partial charge in [-0.3, -0.25) is 4.79 Å². The first-order valence-electron chi connectivity index (χ1n) is 8.86. The van der Waals surface area contributed by atoms with Crippen LogP contribution < -0.4 is 19.7 Å². The van der Waals surface area contributed by atoms with E-state index in [1.54, 1.807) is 44.5 Å². The number of nitrogens with zero attached hydrogens (tertiary/aromatic N) is 2. The van der Waals surface area contributed by atoms with E-state index >= 15 is 0 Å². The summed E-state index contributed by atoms with van der Waals surface area (Å²) in [6.45, 7) is 0.541. The van der Waals surface area contributed by atoms with Gasteiger partial charge in [0.05, 0.1) is 14.2 Å². The molecule has 0 aliphatic rings. The second kappa shape index (κ2) is 8.90. The Hall–Kier alpha value is -3.54. The third-order valence-corrected chi connectivity index (χ3v) is 4.38. The molecule has 1 N–H and O–H groups in total. The van der Waals surface area contributed by atoms with E-state index in [1.165, 1.54) is 0 Å². The minimum absolute atomic E-state index is 0.0947. The van der Waals surface area contributed by atoms with Gasteiger partial charge in [0.1, 0.15) is 5.82 Å². The van der Waals surface area contributed by atoms with E-state index in [2.05, 4.69) is 10.3 Å². The number of anilines is 2. The van der Waals surface area contributed by atoms with Crippen LogP contribution in [0.25, 0.3) is 0 Å². The van der Waals surface area contributed by atoms with Crippen molar-refractivity contribution in [3.8, 4) is 11.5 Å². The highest BCUT2D eigenvalue weighted by Crippen LogP contribution is 2.27. The lowest BCUT2D eigenvalue weighted by Crippen LogP contribution is -2.26. The molecule has 6 heteroatoms. The maximum atomic E-state index is 12.8. The highest BCUT2D eigenvalue weighted by Gasteiger charge is 2.14. The third-order valence-electron chi connectivity index (χ3n) is 4.38. The molecule has 0 fully saturated rings. The van der Waals surface area contributed by atoms with E-state index in [-0.39, 0.29) is 5.91 Å². The zero-order valence-corrected chi connectivity index (χ0v) is 16.2. The second-order valence-electron chi connectivity index (χ2n) is 6.17. The van der Waals surface area contributed by atoms with E-state index in [0.29, 0.717) is 29.4 Å². The fourth-order valence-electron chi connectivity index (χ4n) is 2.81. The maximum Gasteiger partial charge on any atom is 0.258 e. The molecule has 0 bridgehead atoms. The van der Waals surface area contributed by atoms with Crippen LogP contribution in [0.2, 0.25) is 0 Å². The van der Waals surface area contributed by atoms with Crippen molar-refractivity contribution in [3.63, 3.8) is 0 Å². The largest absolute Gasteiger partial charge is 0.493 e. The normalized spacial score (nSPS) is 10.2. The second-order valence-corrected chi connectivity index (χ2v) is 6.17. The van der Waals surface area contributed by atoms with Gasteiger partial charge in [0.2, 0.25) is 0 Å². The van der Waals surface area contributed by atoms with Crippen molar-refractivity contribution in [3.05, 3.63) is 78.0 Å². The molecule has 0 saturated heterocycles. The minimum Gasteiger partial charge on any atom is -0.493 e. The van der Waals surface area contributed by atoms with Gasteiger partial charge < -0.3 is 19.7 Å². The first kappa shape index (κ1) is 19.2. The highest BCUT2D eigenvalue weighted by molar-refractivity contribution is 6.06. The number of carbonyl (C=O) groups is 1. The molecule has 0 aliphatic carbocycles. The molecule has 28 heavy (non-hydrogen) atoms. The summed E-state index contributed by atoms with van der Waals surface area (Å²) in [6.07, 6.45) is 1.63. The molecule has 0 aliphatic heterocycles. The van der Waals surface area contributed by atoms with Gasteiger partial charge in [-0.25, -0.2) is 4.98 Å². The number of pyridine rings is 1. The predicted octanol–water partition coefficient (Wildman–Crippen LogP) is 3.99. The lowest BCUT2D eigenvalue weighted by Gasteiger charge is -2.17. The van der Waals surface area contributed by atoms with Crippen molar-refractivity contribution in [1.29, 1.82) is 0 Å². The summed E-state index contributed by atoms with van der Waals surface area (Å²) in [7, 11) is 4.97. The van der Waals surface area contributed by atoms with Crippen molar-refractivity contribution in [1.82, 2.24) is 4.98 Å². The van der Waals surface area contributed by atoms with Crippen molar-refractivity contribution in [2.45, 2.75) is 6.54 Å². The van der Waals surface area contributed by atoms with E-state index < -0.39 is 0 Å². The summed E-state index contributed by atoms with van der Waals surface area (Å²) in [6, 6.07) is 18.7. The van der Waals surface area contributed by atoms with Gasteiger partial charge in [0, 0.05) is 31.0 Å². The van der Waals surface area contributed by atoms with Crippen LogP contribution in [0.5, 0.6) is 11.5 Å². The number of benzene rings is 2. The molecule has 0 radical (unpaired) electrons. The lowest BCUT2D eigenvalue weighted by atomic mass is 10.2. The van der Waals surface area contributed by atoms with E-state index in [1.807, 2.05) is 48.5 Å². The Morgan fingerprint density at radius 3 is 2.46 bits per heavy atom. The quantitative estimate of drug-likeness (QED) is 0.675. The zero-order valence-electron chi connectivity index (χ0n) is 16.2. The summed E-state index contributed by atoms with van der Waals surface area (Å²) >= 11 is 0. The van der Waals surface area contributed by atoms with Crippen molar-refractivity contribution < 1.29 is 14.3 Å². The monoisotopic (exact) mass is 377 g/mol. The Balaban J connectivity index is 1.71. The molecule has 144 valence electrons. The van der Waals surface area contributed by atoms with Crippen LogP contribution >= 0.6 is 0 Å². The van der Waals surface area contributed by atoms with Crippen LogP contribution in [0.4, 0.5) is 11.5 Å². The minimum atomic E-state index is -0.0947. The van der Waals surface area contributed by atoms with Crippen LogP contribution in [0.3, 0.4) is 0 Å². The van der Waals surface area contributed by atoms with Gasteiger partial charge in [-0.15, -0.1) is 0 Å². The Morgan fingerprint density at radius 1 is 1.00 bits per heavy atom. The summed E-state index contributed by atoms with van der Waals surface area (Å²) in [5.74, 6) is 1.88. The van der Waals surface area contributed by atoms with Gasteiger partial charge in [0.15, 0.2) is 11.5 Å². The molecule has 0 unspecified atom stereocenters. The average Bonchev–Trinajstić information content (AvgIpc) is 2.77. The number of aromatic nitrogens is 1. The van der Waals surface area contributed by atoms with E-state index in [9.17, 15) is 4.79 Å². The fourth-order valence-corrected chi connectivity index (χ4v) is 2.81. The van der Waals surface area contributed by atoms with Gasteiger partial charge in [-0.05, 0) is 42.0 Å². The number of hydrogen-bond donors (Lipinski definition) is 1. The number of carbonyl (C=O) groups excluding carboxylic acids is 1. The van der Waals surface area contributed by atoms with Gasteiger partial charge in [-0.1, -0.05) is 24.3 Å². The van der Waals surface area contributed by atoms with Crippen LogP contribution in [0.1, 0.15) is 15.9 Å². The van der Waals surface area contributed by atoms with Gasteiger partial charge in [-0.2, -0.15) is 0 Å². The van der Waals surface area contributed by atoms with Gasteiger partial charge >= 0.3 is 0 Å². The molecule has 3 rings (SSSR count). The molecule has 1 heterocycles. The number of ether oxygens (including phenoxy) is 2. The highest BCUT2D eigenvalue weighted by atomic mass is 16.5. The zero-order chi connectivity index (χ0) is 19.9. The SMILES string of the molecule is COc1ccc(CNc2cc(C(=O)N(C)c3ccccc3)ccn2)cc1OC. The Labute approximate surface area is 164 Å². The van der Waals surface area contributed by atoms with Crippen LogP contribution in [0, 0.1) is 0 Å². The molecule has 3 aromatic rings. The molecule has 0 atom stereocenters. The Morgan fingerprint density at radius 2 is 1.75 bits per heavy atom. The molecule has 1 aromatic heterocycles.